The predicted molar refractivity (Wildman–Crippen MR) is 103 cm³/mol. The van der Waals surface area contributed by atoms with Crippen LogP contribution in [0.3, 0.4) is 0 Å². The molecule has 1 N–H and O–H groups in total. The molecule has 0 aliphatic heterocycles. The zero-order valence-electron chi connectivity index (χ0n) is 15.5. The summed E-state index contributed by atoms with van der Waals surface area (Å²) in [7, 11) is 0. The van der Waals surface area contributed by atoms with E-state index in [1.54, 1.807) is 19.9 Å². The van der Waals surface area contributed by atoms with Crippen LogP contribution in [0.4, 0.5) is 0 Å². The van der Waals surface area contributed by atoms with E-state index < -0.39 is 18.0 Å². The average Bonchev–Trinajstić information content (AvgIpc) is 2.63. The van der Waals surface area contributed by atoms with Crippen molar-refractivity contribution in [3.8, 4) is 11.5 Å². The van der Waals surface area contributed by atoms with Crippen molar-refractivity contribution in [1.82, 2.24) is 0 Å². The topological polar surface area (TPSA) is 72.8 Å². The van der Waals surface area contributed by atoms with Crippen LogP contribution in [0.15, 0.2) is 48.6 Å². The van der Waals surface area contributed by atoms with E-state index in [-0.39, 0.29) is 5.57 Å². The van der Waals surface area contributed by atoms with Crippen LogP contribution in [0.25, 0.3) is 10.8 Å². The third-order valence-electron chi connectivity index (χ3n) is 4.58. The highest BCUT2D eigenvalue weighted by molar-refractivity contribution is 6.01. The van der Waals surface area contributed by atoms with Crippen LogP contribution >= 0.6 is 0 Å². The number of benzene rings is 2. The van der Waals surface area contributed by atoms with Crippen molar-refractivity contribution in [2.24, 2.45) is 0 Å². The first-order valence-corrected chi connectivity index (χ1v) is 8.79. The van der Waals surface area contributed by atoms with Crippen LogP contribution in [0.2, 0.25) is 0 Å². The summed E-state index contributed by atoms with van der Waals surface area (Å²) in [5.41, 5.74) is 2.04. The fraction of sp³-hybridized carbons (Fsp3) is 0.273. The van der Waals surface area contributed by atoms with E-state index in [1.807, 2.05) is 18.2 Å². The highest BCUT2D eigenvalue weighted by Gasteiger charge is 2.29. The molecule has 0 aromatic heterocycles. The summed E-state index contributed by atoms with van der Waals surface area (Å²) in [6, 6.07) is 7.26. The number of ether oxygens (including phenoxy) is 2. The number of carbonyl (C=O) groups is 2. The standard InChI is InChI=1S/C22H22O5/c1-12(2)21(24)26-19-15-7-5-6-8-16(15)20(27-22(25)13(3)4)18-11-14(23)9-10-17(18)19/h5-8,14,23H,1,3,9-11H2,2,4H3. The van der Waals surface area contributed by atoms with E-state index in [1.165, 1.54) is 0 Å². The Balaban J connectivity index is 2.28. The SMILES string of the molecule is C=C(C)C(=O)Oc1c2c(c(OC(=O)C(=C)C)c3ccccc13)CC(O)CC2. The number of aliphatic hydroxyl groups excluding tert-OH is 1. The largest absolute Gasteiger partial charge is 0.422 e. The fourth-order valence-corrected chi connectivity index (χ4v) is 3.20. The minimum Gasteiger partial charge on any atom is -0.422 e. The van der Waals surface area contributed by atoms with Gasteiger partial charge in [0.1, 0.15) is 11.5 Å². The van der Waals surface area contributed by atoms with Crippen LogP contribution in [-0.4, -0.2) is 23.1 Å². The molecule has 0 heterocycles. The van der Waals surface area contributed by atoms with Gasteiger partial charge in [-0.05, 0) is 26.7 Å². The zero-order valence-corrected chi connectivity index (χ0v) is 15.5. The van der Waals surface area contributed by atoms with Crippen molar-refractivity contribution in [3.63, 3.8) is 0 Å². The van der Waals surface area contributed by atoms with Crippen molar-refractivity contribution in [3.05, 3.63) is 59.7 Å². The van der Waals surface area contributed by atoms with Crippen LogP contribution in [0, 0.1) is 0 Å². The minimum atomic E-state index is -0.550. The molecule has 0 fully saturated rings. The zero-order chi connectivity index (χ0) is 19.7. The van der Waals surface area contributed by atoms with Gasteiger partial charge < -0.3 is 14.6 Å². The van der Waals surface area contributed by atoms with E-state index in [0.717, 1.165) is 5.56 Å². The smallest absolute Gasteiger partial charge is 0.338 e. The highest BCUT2D eigenvalue weighted by atomic mass is 16.5. The van der Waals surface area contributed by atoms with Crippen LogP contribution in [0.5, 0.6) is 11.5 Å². The summed E-state index contributed by atoms with van der Waals surface area (Å²) in [6.45, 7) is 10.4. The molecule has 0 saturated heterocycles. The van der Waals surface area contributed by atoms with Gasteiger partial charge in [-0.2, -0.15) is 0 Å². The molecule has 1 aliphatic carbocycles. The Labute approximate surface area is 157 Å². The number of esters is 2. The maximum atomic E-state index is 12.2. The Morgan fingerprint density at radius 3 is 1.93 bits per heavy atom. The van der Waals surface area contributed by atoms with Crippen LogP contribution in [0.1, 0.15) is 31.4 Å². The second-order valence-corrected chi connectivity index (χ2v) is 6.90. The van der Waals surface area contributed by atoms with Crippen molar-refractivity contribution >= 4 is 22.7 Å². The lowest BCUT2D eigenvalue weighted by atomic mass is 9.85. The number of hydrogen-bond donors (Lipinski definition) is 1. The van der Waals surface area contributed by atoms with E-state index in [2.05, 4.69) is 13.2 Å². The summed E-state index contributed by atoms with van der Waals surface area (Å²) >= 11 is 0. The van der Waals surface area contributed by atoms with Crippen molar-refractivity contribution in [2.45, 2.75) is 39.2 Å². The van der Waals surface area contributed by atoms with Gasteiger partial charge >= 0.3 is 11.9 Å². The van der Waals surface area contributed by atoms with Crippen LogP contribution < -0.4 is 9.47 Å². The molecule has 0 saturated carbocycles. The molecule has 1 aliphatic rings. The molecule has 2 aromatic carbocycles. The minimum absolute atomic E-state index is 0.280. The molecule has 1 atom stereocenters. The van der Waals surface area contributed by atoms with Gasteiger partial charge in [0.2, 0.25) is 0 Å². The van der Waals surface area contributed by atoms with E-state index in [4.69, 9.17) is 9.47 Å². The summed E-state index contributed by atoms with van der Waals surface area (Å²) < 4.78 is 11.3. The average molecular weight is 366 g/mol. The molecule has 1 unspecified atom stereocenters. The van der Waals surface area contributed by atoms with Crippen LogP contribution in [-0.2, 0) is 22.4 Å². The van der Waals surface area contributed by atoms with Gasteiger partial charge in [-0.3, -0.25) is 0 Å². The van der Waals surface area contributed by atoms with Gasteiger partial charge in [-0.1, -0.05) is 37.4 Å². The molecule has 0 spiro atoms. The second-order valence-electron chi connectivity index (χ2n) is 6.90. The van der Waals surface area contributed by atoms with E-state index in [9.17, 15) is 14.7 Å². The van der Waals surface area contributed by atoms with Gasteiger partial charge in [0.05, 0.1) is 6.10 Å². The van der Waals surface area contributed by atoms with Crippen molar-refractivity contribution in [1.29, 1.82) is 0 Å². The predicted octanol–water partition coefficient (Wildman–Crippen LogP) is 3.65. The number of rotatable bonds is 4. The molecular weight excluding hydrogens is 344 g/mol. The quantitative estimate of drug-likeness (QED) is 0.508. The first-order valence-electron chi connectivity index (χ1n) is 8.79. The number of hydrogen-bond acceptors (Lipinski definition) is 5. The third-order valence-corrected chi connectivity index (χ3v) is 4.58. The Kier molecular flexibility index (Phi) is 5.15. The molecule has 5 heteroatoms. The number of carbonyl (C=O) groups excluding carboxylic acids is 2. The Hall–Kier alpha value is -2.92. The summed E-state index contributed by atoms with van der Waals surface area (Å²) in [4.78, 5) is 24.4. The Morgan fingerprint density at radius 1 is 0.963 bits per heavy atom. The summed E-state index contributed by atoms with van der Waals surface area (Å²) in [5, 5.41) is 11.5. The van der Waals surface area contributed by atoms with Gasteiger partial charge in [0, 0.05) is 39.5 Å². The van der Waals surface area contributed by atoms with E-state index >= 15 is 0 Å². The van der Waals surface area contributed by atoms with Gasteiger partial charge in [0.25, 0.3) is 0 Å². The summed E-state index contributed by atoms with van der Waals surface area (Å²) in [5.74, 6) is -0.215. The third kappa shape index (κ3) is 3.64. The maximum Gasteiger partial charge on any atom is 0.338 e. The lowest BCUT2D eigenvalue weighted by Gasteiger charge is -2.27. The summed E-state index contributed by atoms with van der Waals surface area (Å²) in [6.07, 6.45) is 0.816. The molecule has 140 valence electrons. The first kappa shape index (κ1) is 18.9. The highest BCUT2D eigenvalue weighted by Crippen LogP contribution is 2.44. The lowest BCUT2D eigenvalue weighted by molar-refractivity contribution is -0.131. The van der Waals surface area contributed by atoms with Gasteiger partial charge in [-0.25, -0.2) is 9.59 Å². The van der Waals surface area contributed by atoms with Crippen molar-refractivity contribution in [2.75, 3.05) is 0 Å². The van der Waals surface area contributed by atoms with E-state index in [0.29, 0.717) is 52.7 Å². The van der Waals surface area contributed by atoms with Gasteiger partial charge in [-0.15, -0.1) is 0 Å². The molecule has 2 aromatic rings. The number of fused-ring (bicyclic) bond motifs is 2. The molecule has 0 bridgehead atoms. The Morgan fingerprint density at radius 2 is 1.44 bits per heavy atom. The first-order chi connectivity index (χ1) is 12.8. The molecular formula is C22H22O5. The maximum absolute atomic E-state index is 12.2. The molecule has 0 amide bonds. The Bertz CT molecular complexity index is 970. The molecule has 5 nitrogen and oxygen atoms in total. The molecule has 0 radical (unpaired) electrons. The molecule has 27 heavy (non-hydrogen) atoms. The monoisotopic (exact) mass is 366 g/mol. The fourth-order valence-electron chi connectivity index (χ4n) is 3.20. The van der Waals surface area contributed by atoms with Gasteiger partial charge in [0.15, 0.2) is 0 Å². The number of aliphatic hydroxyl groups is 1. The second kappa shape index (κ2) is 7.37. The van der Waals surface area contributed by atoms with Crippen molar-refractivity contribution < 1.29 is 24.2 Å². The normalized spacial score (nSPS) is 15.7. The lowest BCUT2D eigenvalue weighted by Crippen LogP contribution is -2.22. The molecule has 3 rings (SSSR count).